The first kappa shape index (κ1) is 26.4. The molecule has 0 aliphatic heterocycles. The van der Waals surface area contributed by atoms with Crippen molar-refractivity contribution >= 4 is 0 Å². The van der Waals surface area contributed by atoms with Crippen LogP contribution in [0.15, 0.2) is 0 Å². The highest BCUT2D eigenvalue weighted by atomic mass is 35.5. The molecule has 0 bridgehead atoms. The number of rotatable bonds is 17. The Bertz CT molecular complexity index is 242. The molecule has 0 radical (unpaired) electrons. The summed E-state index contributed by atoms with van der Waals surface area (Å²) in [5.74, 6) is 0.743. The van der Waals surface area contributed by atoms with Gasteiger partial charge in [0.15, 0.2) is 6.73 Å². The molecule has 2 nitrogen and oxygen atoms in total. The van der Waals surface area contributed by atoms with Crippen LogP contribution >= 0.6 is 0 Å². The van der Waals surface area contributed by atoms with Gasteiger partial charge in [-0.05, 0) is 18.8 Å². The van der Waals surface area contributed by atoms with E-state index in [0.717, 1.165) is 23.7 Å². The molecule has 0 fully saturated rings. The van der Waals surface area contributed by atoms with Gasteiger partial charge in [-0.1, -0.05) is 85.0 Å². The predicted octanol–water partition coefficient (Wildman–Crippen LogP) is 3.40. The summed E-state index contributed by atoms with van der Waals surface area (Å²) in [5, 5.41) is 0. The van der Waals surface area contributed by atoms with E-state index in [0.29, 0.717) is 0 Å². The van der Waals surface area contributed by atoms with Crippen LogP contribution in [-0.4, -0.2) is 38.5 Å². The van der Waals surface area contributed by atoms with Crippen molar-refractivity contribution in [3.8, 4) is 0 Å². The minimum Gasteiger partial charge on any atom is -1.00 e. The molecule has 0 atom stereocenters. The number of halogens is 1. The molecule has 0 aromatic rings. The summed E-state index contributed by atoms with van der Waals surface area (Å²) in [6.07, 6.45) is 16.6. The highest BCUT2D eigenvalue weighted by Crippen LogP contribution is 2.12. The molecule has 0 amide bonds. The molecular weight excluding hydrogens is 318 g/mol. The van der Waals surface area contributed by atoms with Gasteiger partial charge in [-0.15, -0.1) is 0 Å². The Hall–Kier alpha value is 0.210. The van der Waals surface area contributed by atoms with Crippen LogP contribution in [-0.2, 0) is 4.74 Å². The fourth-order valence-electron chi connectivity index (χ4n) is 3.08. The Morgan fingerprint density at radius 2 is 1.17 bits per heavy atom. The van der Waals surface area contributed by atoms with Gasteiger partial charge in [0, 0.05) is 0 Å². The first-order valence-corrected chi connectivity index (χ1v) is 10.5. The standard InChI is InChI=1S/C21H46NO.ClH/c1-6-9-10-11-12-13-14-15-16-17-18-22(4,5)20-23-19-21(7-2)8-3;/h21H,6-20H2,1-5H3;1H/q+1;/p-1. The second-order valence-electron chi connectivity index (χ2n) is 8.02. The van der Waals surface area contributed by atoms with E-state index in [1.54, 1.807) is 0 Å². The van der Waals surface area contributed by atoms with Gasteiger partial charge in [-0.2, -0.15) is 0 Å². The van der Waals surface area contributed by atoms with Gasteiger partial charge >= 0.3 is 0 Å². The van der Waals surface area contributed by atoms with Gasteiger partial charge in [0.05, 0.1) is 27.2 Å². The van der Waals surface area contributed by atoms with Crippen molar-refractivity contribution in [3.63, 3.8) is 0 Å². The van der Waals surface area contributed by atoms with Gasteiger partial charge in [0.1, 0.15) is 0 Å². The highest BCUT2D eigenvalue weighted by Gasteiger charge is 2.15. The summed E-state index contributed by atoms with van der Waals surface area (Å²) in [5.41, 5.74) is 0. The van der Waals surface area contributed by atoms with Crippen molar-refractivity contribution in [2.75, 3.05) is 34.0 Å². The first-order valence-electron chi connectivity index (χ1n) is 10.5. The minimum absolute atomic E-state index is 0. The van der Waals surface area contributed by atoms with Crippen molar-refractivity contribution in [1.82, 2.24) is 0 Å². The van der Waals surface area contributed by atoms with Crippen LogP contribution in [0.3, 0.4) is 0 Å². The molecule has 0 aromatic carbocycles. The Morgan fingerprint density at radius 3 is 1.62 bits per heavy atom. The molecule has 0 rings (SSSR count). The monoisotopic (exact) mass is 363 g/mol. The second kappa shape index (κ2) is 18.0. The number of unbranched alkanes of at least 4 members (excludes halogenated alkanes) is 9. The molecule has 0 N–H and O–H groups in total. The molecule has 0 unspecified atom stereocenters. The summed E-state index contributed by atoms with van der Waals surface area (Å²) in [4.78, 5) is 0. The van der Waals surface area contributed by atoms with E-state index in [9.17, 15) is 0 Å². The van der Waals surface area contributed by atoms with E-state index < -0.39 is 0 Å². The van der Waals surface area contributed by atoms with Crippen molar-refractivity contribution in [1.29, 1.82) is 0 Å². The van der Waals surface area contributed by atoms with Gasteiger partial charge in [-0.3, -0.25) is 0 Å². The summed E-state index contributed by atoms with van der Waals surface area (Å²) >= 11 is 0. The summed E-state index contributed by atoms with van der Waals surface area (Å²) in [6, 6.07) is 0. The average Bonchev–Trinajstić information content (AvgIpc) is 2.53. The molecule has 0 saturated carbocycles. The topological polar surface area (TPSA) is 9.23 Å². The predicted molar refractivity (Wildman–Crippen MR) is 104 cm³/mol. The summed E-state index contributed by atoms with van der Waals surface area (Å²) in [6.45, 7) is 9.87. The lowest BCUT2D eigenvalue weighted by Crippen LogP contribution is -3.00. The third-order valence-corrected chi connectivity index (χ3v) is 5.07. The lowest BCUT2D eigenvalue weighted by atomic mass is 10.1. The van der Waals surface area contributed by atoms with E-state index in [1.807, 2.05) is 0 Å². The molecule has 24 heavy (non-hydrogen) atoms. The van der Waals surface area contributed by atoms with Crippen LogP contribution in [0.25, 0.3) is 0 Å². The lowest BCUT2D eigenvalue weighted by Gasteiger charge is -2.30. The van der Waals surface area contributed by atoms with E-state index >= 15 is 0 Å². The molecule has 0 aliphatic rings. The fraction of sp³-hybridized carbons (Fsp3) is 1.00. The molecule has 3 heteroatoms. The van der Waals surface area contributed by atoms with Crippen molar-refractivity contribution in [2.24, 2.45) is 5.92 Å². The maximum atomic E-state index is 5.96. The Kier molecular flexibility index (Phi) is 19.8. The molecule has 0 heterocycles. The maximum absolute atomic E-state index is 5.96. The number of hydrogen-bond donors (Lipinski definition) is 0. The Labute approximate surface area is 159 Å². The maximum Gasteiger partial charge on any atom is 0.182 e. The van der Waals surface area contributed by atoms with Crippen LogP contribution in [0.4, 0.5) is 0 Å². The van der Waals surface area contributed by atoms with Crippen LogP contribution < -0.4 is 12.4 Å². The fourth-order valence-corrected chi connectivity index (χ4v) is 3.08. The number of nitrogens with zero attached hydrogens (tertiary/aromatic N) is 1. The molecule has 0 saturated heterocycles. The van der Waals surface area contributed by atoms with Gasteiger partial charge in [0.25, 0.3) is 0 Å². The SMILES string of the molecule is CCCCCCCCCCCC[N+](C)(C)COCC(CC)CC.[Cl-]. The van der Waals surface area contributed by atoms with Crippen LogP contribution in [0.5, 0.6) is 0 Å². The normalized spacial score (nSPS) is 11.8. The van der Waals surface area contributed by atoms with E-state index in [4.69, 9.17) is 4.74 Å². The van der Waals surface area contributed by atoms with Crippen LogP contribution in [0, 0.1) is 5.92 Å². The zero-order chi connectivity index (χ0) is 17.4. The quantitative estimate of drug-likeness (QED) is 0.218. The number of ether oxygens (including phenoxy) is 1. The molecular formula is C21H46ClNO. The summed E-state index contributed by atoms with van der Waals surface area (Å²) < 4.78 is 6.97. The zero-order valence-corrected chi connectivity index (χ0v) is 18.2. The largest absolute Gasteiger partial charge is 1.00 e. The Balaban J connectivity index is 0. The van der Waals surface area contributed by atoms with Crippen LogP contribution in [0.1, 0.15) is 97.8 Å². The Morgan fingerprint density at radius 1 is 0.708 bits per heavy atom. The van der Waals surface area contributed by atoms with E-state index in [1.165, 1.54) is 83.6 Å². The lowest BCUT2D eigenvalue weighted by molar-refractivity contribution is -0.910. The molecule has 0 aliphatic carbocycles. The average molecular weight is 364 g/mol. The van der Waals surface area contributed by atoms with Gasteiger partial charge in [0.2, 0.25) is 0 Å². The highest BCUT2D eigenvalue weighted by molar-refractivity contribution is 4.51. The van der Waals surface area contributed by atoms with Crippen molar-refractivity contribution in [3.05, 3.63) is 0 Å². The molecule has 0 aromatic heterocycles. The van der Waals surface area contributed by atoms with Crippen molar-refractivity contribution in [2.45, 2.75) is 97.8 Å². The number of hydrogen-bond acceptors (Lipinski definition) is 1. The van der Waals surface area contributed by atoms with Gasteiger partial charge in [-0.25, -0.2) is 0 Å². The molecule has 148 valence electrons. The molecule has 0 spiro atoms. The minimum atomic E-state index is 0. The van der Waals surface area contributed by atoms with Gasteiger partial charge < -0.3 is 21.6 Å². The van der Waals surface area contributed by atoms with E-state index in [-0.39, 0.29) is 12.4 Å². The second-order valence-corrected chi connectivity index (χ2v) is 8.02. The van der Waals surface area contributed by atoms with Crippen molar-refractivity contribution < 1.29 is 21.6 Å². The zero-order valence-electron chi connectivity index (χ0n) is 17.4. The third kappa shape index (κ3) is 17.0. The summed E-state index contributed by atoms with van der Waals surface area (Å²) in [7, 11) is 4.61. The first-order chi connectivity index (χ1) is 11.1. The van der Waals surface area contributed by atoms with Crippen LogP contribution in [0.2, 0.25) is 0 Å². The van der Waals surface area contributed by atoms with E-state index in [2.05, 4.69) is 34.9 Å². The number of quaternary nitrogens is 1. The smallest absolute Gasteiger partial charge is 0.182 e. The third-order valence-electron chi connectivity index (χ3n) is 5.07.